The van der Waals surface area contributed by atoms with Gasteiger partial charge in [-0.25, -0.2) is 0 Å². The highest BCUT2D eigenvalue weighted by Crippen LogP contribution is 2.24. The number of hydrogen-bond donors (Lipinski definition) is 1. The summed E-state index contributed by atoms with van der Waals surface area (Å²) >= 11 is 0. The Bertz CT molecular complexity index is 529. The van der Waals surface area contributed by atoms with Gasteiger partial charge in [-0.15, -0.1) is 0 Å². The van der Waals surface area contributed by atoms with Crippen LogP contribution in [0, 0.1) is 0 Å². The lowest BCUT2D eigenvalue weighted by molar-refractivity contribution is 0.148. The van der Waals surface area contributed by atoms with Crippen LogP contribution in [0.15, 0.2) is 30.5 Å². The summed E-state index contributed by atoms with van der Waals surface area (Å²) in [6.07, 6.45) is 8.88. The minimum Gasteiger partial charge on any atom is -0.361 e. The fourth-order valence-corrected chi connectivity index (χ4v) is 3.46. The molecule has 2 heteroatoms. The fourth-order valence-electron chi connectivity index (χ4n) is 3.46. The van der Waals surface area contributed by atoms with Crippen molar-refractivity contribution in [3.63, 3.8) is 0 Å². The average Bonchev–Trinajstić information content (AvgIpc) is 2.89. The number of aryl methyl sites for hydroxylation is 1. The maximum absolute atomic E-state index is 3.39. The van der Waals surface area contributed by atoms with Gasteiger partial charge in [0.05, 0.1) is 0 Å². The zero-order valence-electron chi connectivity index (χ0n) is 11.9. The predicted molar refractivity (Wildman–Crippen MR) is 81.5 cm³/mol. The van der Waals surface area contributed by atoms with Gasteiger partial charge < -0.3 is 9.88 Å². The van der Waals surface area contributed by atoms with Crippen molar-refractivity contribution in [2.45, 2.75) is 45.1 Å². The highest BCUT2D eigenvalue weighted by atomic mass is 15.2. The molecule has 102 valence electrons. The number of piperidine rings is 1. The molecular weight excluding hydrogens is 232 g/mol. The lowest BCUT2D eigenvalue weighted by Gasteiger charge is -2.34. The van der Waals surface area contributed by atoms with Crippen LogP contribution in [-0.4, -0.2) is 29.0 Å². The van der Waals surface area contributed by atoms with Crippen molar-refractivity contribution in [2.75, 3.05) is 13.1 Å². The lowest BCUT2D eigenvalue weighted by Crippen LogP contribution is -2.39. The largest absolute Gasteiger partial charge is 0.361 e. The molecule has 0 aliphatic carbocycles. The Balaban J connectivity index is 1.68. The van der Waals surface area contributed by atoms with Gasteiger partial charge in [0.2, 0.25) is 0 Å². The van der Waals surface area contributed by atoms with Gasteiger partial charge in [0, 0.05) is 23.1 Å². The maximum Gasteiger partial charge on any atom is 0.0456 e. The number of hydrogen-bond acceptors (Lipinski definition) is 1. The molecule has 1 unspecified atom stereocenters. The number of H-pyrrole nitrogens is 1. The number of nitrogens with one attached hydrogen (secondary N) is 1. The number of para-hydroxylation sites is 1. The van der Waals surface area contributed by atoms with E-state index in [4.69, 9.17) is 0 Å². The van der Waals surface area contributed by atoms with E-state index in [1.165, 1.54) is 61.7 Å². The molecule has 2 aromatic rings. The normalized spacial score (nSPS) is 21.0. The molecule has 0 saturated carbocycles. The zero-order chi connectivity index (χ0) is 13.1. The number of nitrogens with zero attached hydrogens (tertiary/aromatic N) is 1. The lowest BCUT2D eigenvalue weighted by atomic mass is 9.96. The molecule has 1 aliphatic heterocycles. The minimum atomic E-state index is 0.799. The van der Waals surface area contributed by atoms with E-state index in [0.717, 1.165) is 6.04 Å². The summed E-state index contributed by atoms with van der Waals surface area (Å²) in [5, 5.41) is 1.40. The smallest absolute Gasteiger partial charge is 0.0456 e. The third-order valence-electron chi connectivity index (χ3n) is 4.58. The van der Waals surface area contributed by atoms with E-state index >= 15 is 0 Å². The van der Waals surface area contributed by atoms with Gasteiger partial charge in [-0.05, 0) is 50.4 Å². The SMILES string of the molecule is CCN1CCCCC1CCc1c[nH]c2ccccc12. The second-order valence-corrected chi connectivity index (χ2v) is 5.68. The van der Waals surface area contributed by atoms with E-state index in [9.17, 15) is 0 Å². The Kier molecular flexibility index (Phi) is 3.88. The van der Waals surface area contributed by atoms with Crippen LogP contribution in [-0.2, 0) is 6.42 Å². The average molecular weight is 256 g/mol. The van der Waals surface area contributed by atoms with Crippen molar-refractivity contribution in [3.05, 3.63) is 36.0 Å². The zero-order valence-corrected chi connectivity index (χ0v) is 11.9. The van der Waals surface area contributed by atoms with Crippen LogP contribution in [0.5, 0.6) is 0 Å². The van der Waals surface area contributed by atoms with E-state index in [1.54, 1.807) is 0 Å². The number of likely N-dealkylation sites (tertiary alicyclic amines) is 1. The van der Waals surface area contributed by atoms with Gasteiger partial charge in [-0.2, -0.15) is 0 Å². The van der Waals surface area contributed by atoms with E-state index in [2.05, 4.69) is 47.3 Å². The highest BCUT2D eigenvalue weighted by Gasteiger charge is 2.20. The third-order valence-corrected chi connectivity index (χ3v) is 4.58. The molecule has 1 atom stereocenters. The molecule has 19 heavy (non-hydrogen) atoms. The van der Waals surface area contributed by atoms with Gasteiger partial charge in [0.25, 0.3) is 0 Å². The molecule has 2 heterocycles. The molecule has 1 aliphatic rings. The highest BCUT2D eigenvalue weighted by molar-refractivity contribution is 5.82. The standard InChI is InChI=1S/C17H24N2/c1-2-19-12-6-5-7-15(19)11-10-14-13-18-17-9-4-3-8-16(14)17/h3-4,8-9,13,15,18H,2,5-7,10-12H2,1H3. The van der Waals surface area contributed by atoms with Crippen molar-refractivity contribution >= 4 is 10.9 Å². The molecule has 0 spiro atoms. The molecule has 1 saturated heterocycles. The summed E-state index contributed by atoms with van der Waals surface area (Å²) in [6, 6.07) is 9.44. The maximum atomic E-state index is 3.39. The van der Waals surface area contributed by atoms with Gasteiger partial charge in [0.15, 0.2) is 0 Å². The van der Waals surface area contributed by atoms with Gasteiger partial charge >= 0.3 is 0 Å². The first-order chi connectivity index (χ1) is 9.38. The van der Waals surface area contributed by atoms with Crippen LogP contribution in [0.1, 0.15) is 38.2 Å². The molecule has 1 aromatic carbocycles. The molecule has 0 bridgehead atoms. The van der Waals surface area contributed by atoms with E-state index in [-0.39, 0.29) is 0 Å². The van der Waals surface area contributed by atoms with Crippen molar-refractivity contribution in [1.82, 2.24) is 9.88 Å². The number of aromatic nitrogens is 1. The number of rotatable bonds is 4. The van der Waals surface area contributed by atoms with Crippen LogP contribution in [0.3, 0.4) is 0 Å². The number of aromatic amines is 1. The van der Waals surface area contributed by atoms with Crippen molar-refractivity contribution in [3.8, 4) is 0 Å². The molecule has 0 amide bonds. The molecule has 2 nitrogen and oxygen atoms in total. The Hall–Kier alpha value is -1.28. The summed E-state index contributed by atoms with van der Waals surface area (Å²) in [6.45, 7) is 4.80. The number of fused-ring (bicyclic) bond motifs is 1. The Morgan fingerprint density at radius 1 is 1.26 bits per heavy atom. The van der Waals surface area contributed by atoms with Crippen molar-refractivity contribution < 1.29 is 0 Å². The van der Waals surface area contributed by atoms with Crippen molar-refractivity contribution in [2.24, 2.45) is 0 Å². The number of benzene rings is 1. The summed E-state index contributed by atoms with van der Waals surface area (Å²) in [4.78, 5) is 6.05. The molecule has 3 rings (SSSR count). The first-order valence-electron chi connectivity index (χ1n) is 7.67. The second-order valence-electron chi connectivity index (χ2n) is 5.68. The van der Waals surface area contributed by atoms with Crippen LogP contribution in [0.4, 0.5) is 0 Å². The van der Waals surface area contributed by atoms with E-state index in [0.29, 0.717) is 0 Å². The molecule has 1 aromatic heterocycles. The van der Waals surface area contributed by atoms with Gasteiger partial charge in [-0.3, -0.25) is 0 Å². The summed E-state index contributed by atoms with van der Waals surface area (Å²) in [5.74, 6) is 0. The molecule has 1 fully saturated rings. The fraction of sp³-hybridized carbons (Fsp3) is 0.529. The topological polar surface area (TPSA) is 19.0 Å². The van der Waals surface area contributed by atoms with E-state index < -0.39 is 0 Å². The van der Waals surface area contributed by atoms with Crippen LogP contribution in [0.2, 0.25) is 0 Å². The second kappa shape index (κ2) is 5.79. The molecular formula is C17H24N2. The third kappa shape index (κ3) is 2.69. The summed E-state index contributed by atoms with van der Waals surface area (Å²) < 4.78 is 0. The minimum absolute atomic E-state index is 0.799. The first kappa shape index (κ1) is 12.7. The van der Waals surface area contributed by atoms with Crippen LogP contribution >= 0.6 is 0 Å². The van der Waals surface area contributed by atoms with Gasteiger partial charge in [-0.1, -0.05) is 31.5 Å². The summed E-state index contributed by atoms with van der Waals surface area (Å²) in [5.41, 5.74) is 2.76. The monoisotopic (exact) mass is 256 g/mol. The van der Waals surface area contributed by atoms with Crippen molar-refractivity contribution in [1.29, 1.82) is 0 Å². The quantitative estimate of drug-likeness (QED) is 0.877. The Morgan fingerprint density at radius 2 is 2.16 bits per heavy atom. The van der Waals surface area contributed by atoms with E-state index in [1.807, 2.05) is 0 Å². The molecule has 0 radical (unpaired) electrons. The Morgan fingerprint density at radius 3 is 3.05 bits per heavy atom. The van der Waals surface area contributed by atoms with Crippen LogP contribution < -0.4 is 0 Å². The predicted octanol–water partition coefficient (Wildman–Crippen LogP) is 3.97. The Labute approximate surface area is 115 Å². The summed E-state index contributed by atoms with van der Waals surface area (Å²) in [7, 11) is 0. The van der Waals surface area contributed by atoms with Gasteiger partial charge in [0.1, 0.15) is 0 Å². The molecule has 1 N–H and O–H groups in total. The van der Waals surface area contributed by atoms with Crippen LogP contribution in [0.25, 0.3) is 10.9 Å². The first-order valence-corrected chi connectivity index (χ1v) is 7.67.